The highest BCUT2D eigenvalue weighted by Gasteiger charge is 2.25. The molecule has 4 heteroatoms. The highest BCUT2D eigenvalue weighted by Crippen LogP contribution is 2.25. The van der Waals surface area contributed by atoms with E-state index in [0.717, 1.165) is 19.4 Å². The highest BCUT2D eigenvalue weighted by molar-refractivity contribution is 5.59. The van der Waals surface area contributed by atoms with Crippen LogP contribution in [0.15, 0.2) is 42.5 Å². The van der Waals surface area contributed by atoms with Crippen LogP contribution >= 0.6 is 0 Å². The fraction of sp³-hybridized carbons (Fsp3) is 0.609. The molecule has 27 heavy (non-hydrogen) atoms. The van der Waals surface area contributed by atoms with E-state index in [2.05, 4.69) is 54.2 Å². The normalized spacial score (nSPS) is 11.7. The minimum Gasteiger partial charge on any atom is -0.438 e. The average Bonchev–Trinajstić information content (AvgIpc) is 2.70. The Morgan fingerprint density at radius 2 is 1.67 bits per heavy atom. The lowest BCUT2D eigenvalue weighted by atomic mass is 9.85. The van der Waals surface area contributed by atoms with Crippen LogP contribution in [-0.4, -0.2) is 25.4 Å². The van der Waals surface area contributed by atoms with E-state index in [9.17, 15) is 4.79 Å². The van der Waals surface area contributed by atoms with Gasteiger partial charge in [-0.3, -0.25) is 0 Å². The lowest BCUT2D eigenvalue weighted by molar-refractivity contribution is 0.0816. The number of ether oxygens (including phenoxy) is 2. The van der Waals surface area contributed by atoms with Gasteiger partial charge in [0.1, 0.15) is 6.61 Å². The van der Waals surface area contributed by atoms with Crippen LogP contribution in [0.5, 0.6) is 0 Å². The molecule has 0 fully saturated rings. The summed E-state index contributed by atoms with van der Waals surface area (Å²) in [6.45, 7) is 5.54. The van der Waals surface area contributed by atoms with Crippen LogP contribution in [0.3, 0.4) is 0 Å². The third-order valence-electron chi connectivity index (χ3n) is 4.84. The maximum atomic E-state index is 11.2. The van der Waals surface area contributed by atoms with Crippen LogP contribution in [0.4, 0.5) is 4.79 Å². The largest absolute Gasteiger partial charge is 0.508 e. The molecule has 1 aromatic carbocycles. The van der Waals surface area contributed by atoms with Gasteiger partial charge < -0.3 is 14.8 Å². The van der Waals surface area contributed by atoms with Crippen LogP contribution in [0, 0.1) is 0 Å². The molecule has 0 unspecified atom stereocenters. The Hall–Kier alpha value is -1.81. The second-order valence-electron chi connectivity index (χ2n) is 7.08. The molecule has 0 saturated heterocycles. The van der Waals surface area contributed by atoms with Gasteiger partial charge in [0.2, 0.25) is 0 Å². The predicted molar refractivity (Wildman–Crippen MR) is 112 cm³/mol. The Morgan fingerprint density at radius 3 is 2.22 bits per heavy atom. The number of unbranched alkanes of at least 4 members (excludes halogenated alkanes) is 4. The molecule has 1 aromatic rings. The van der Waals surface area contributed by atoms with E-state index in [1.807, 2.05) is 12.1 Å². The summed E-state index contributed by atoms with van der Waals surface area (Å²) in [5, 5.41) is 3.81. The third kappa shape index (κ3) is 10.2. The SMILES string of the molecule is CCCCCC(/C=C/COC(=O)OC)(CCCCC)NCc1ccccc1. The first-order valence-electron chi connectivity index (χ1n) is 10.3. The number of hydrogen-bond donors (Lipinski definition) is 1. The van der Waals surface area contributed by atoms with Crippen LogP contribution in [0.25, 0.3) is 0 Å². The summed E-state index contributed by atoms with van der Waals surface area (Å²) in [6, 6.07) is 10.5. The standard InChI is InChI=1S/C23H37NO3/c1-4-6-11-16-23(17-12-7-5-2,18-13-19-27-22(25)26-3)24-20-21-14-9-8-10-15-21/h8-10,13-15,18,24H,4-7,11-12,16-17,19-20H2,1-3H3/b18-13+. The minimum atomic E-state index is -0.639. The molecule has 0 radical (unpaired) electrons. The number of carbonyl (C=O) groups is 1. The number of methoxy groups -OCH3 is 1. The smallest absolute Gasteiger partial charge is 0.438 e. The van der Waals surface area contributed by atoms with Crippen molar-refractivity contribution in [1.82, 2.24) is 5.32 Å². The first-order valence-corrected chi connectivity index (χ1v) is 10.3. The lowest BCUT2D eigenvalue weighted by Gasteiger charge is -2.33. The van der Waals surface area contributed by atoms with Gasteiger partial charge >= 0.3 is 6.16 Å². The molecule has 0 amide bonds. The summed E-state index contributed by atoms with van der Waals surface area (Å²) in [4.78, 5) is 11.2. The molecule has 4 nitrogen and oxygen atoms in total. The van der Waals surface area contributed by atoms with Crippen molar-refractivity contribution in [3.05, 3.63) is 48.0 Å². The molecule has 0 aliphatic rings. The molecular formula is C23H37NO3. The zero-order valence-corrected chi connectivity index (χ0v) is 17.3. The van der Waals surface area contributed by atoms with Gasteiger partial charge in [-0.15, -0.1) is 0 Å². The number of nitrogens with one attached hydrogen (secondary N) is 1. The maximum absolute atomic E-state index is 11.2. The molecule has 0 aliphatic carbocycles. The summed E-state index contributed by atoms with van der Waals surface area (Å²) >= 11 is 0. The third-order valence-corrected chi connectivity index (χ3v) is 4.84. The monoisotopic (exact) mass is 375 g/mol. The van der Waals surface area contributed by atoms with Gasteiger partial charge in [0.15, 0.2) is 0 Å². The van der Waals surface area contributed by atoms with E-state index in [1.165, 1.54) is 51.2 Å². The molecule has 0 aromatic heterocycles. The van der Waals surface area contributed by atoms with E-state index >= 15 is 0 Å². The minimum absolute atomic E-state index is 0.0698. The van der Waals surface area contributed by atoms with E-state index < -0.39 is 6.16 Å². The van der Waals surface area contributed by atoms with Gasteiger partial charge in [-0.25, -0.2) is 4.79 Å². The molecule has 0 heterocycles. The quantitative estimate of drug-likeness (QED) is 0.245. The predicted octanol–water partition coefficient (Wildman–Crippen LogP) is 6.01. The number of rotatable bonds is 14. The first-order chi connectivity index (χ1) is 13.2. The van der Waals surface area contributed by atoms with E-state index in [1.54, 1.807) is 0 Å². The van der Waals surface area contributed by atoms with Crippen molar-refractivity contribution in [3.8, 4) is 0 Å². The van der Waals surface area contributed by atoms with Crippen LogP contribution in [-0.2, 0) is 16.0 Å². The Labute approximate surface area is 165 Å². The lowest BCUT2D eigenvalue weighted by Crippen LogP contribution is -2.43. The molecule has 1 rings (SSSR count). The van der Waals surface area contributed by atoms with Gasteiger partial charge in [0.25, 0.3) is 0 Å². The summed E-state index contributed by atoms with van der Waals surface area (Å²) in [7, 11) is 1.33. The molecule has 0 aliphatic heterocycles. The van der Waals surface area contributed by atoms with Crippen LogP contribution in [0.2, 0.25) is 0 Å². The number of carbonyl (C=O) groups excluding carboxylic acids is 1. The van der Waals surface area contributed by atoms with Crippen molar-refractivity contribution >= 4 is 6.16 Å². The molecule has 0 saturated carbocycles. The fourth-order valence-electron chi connectivity index (χ4n) is 3.23. The number of benzene rings is 1. The van der Waals surface area contributed by atoms with Gasteiger partial charge in [-0.1, -0.05) is 88.8 Å². The molecule has 0 spiro atoms. The topological polar surface area (TPSA) is 47.6 Å². The Kier molecular flexibility index (Phi) is 12.3. The van der Waals surface area contributed by atoms with Crippen molar-refractivity contribution < 1.29 is 14.3 Å². The molecule has 1 N–H and O–H groups in total. The van der Waals surface area contributed by atoms with Gasteiger partial charge in [0, 0.05) is 12.1 Å². The van der Waals surface area contributed by atoms with Crippen molar-refractivity contribution in [3.63, 3.8) is 0 Å². The maximum Gasteiger partial charge on any atom is 0.508 e. The van der Waals surface area contributed by atoms with Gasteiger partial charge in [-0.05, 0) is 24.5 Å². The van der Waals surface area contributed by atoms with Gasteiger partial charge in [0.05, 0.1) is 7.11 Å². The molecular weight excluding hydrogens is 338 g/mol. The van der Waals surface area contributed by atoms with E-state index in [0.29, 0.717) is 0 Å². The molecule has 0 bridgehead atoms. The van der Waals surface area contributed by atoms with E-state index in [4.69, 9.17) is 4.74 Å². The summed E-state index contributed by atoms with van der Waals surface area (Å²) in [5.41, 5.74) is 1.21. The van der Waals surface area contributed by atoms with Crippen LogP contribution in [0.1, 0.15) is 70.8 Å². The highest BCUT2D eigenvalue weighted by atomic mass is 16.7. The Morgan fingerprint density at radius 1 is 1.04 bits per heavy atom. The zero-order valence-electron chi connectivity index (χ0n) is 17.3. The Bertz CT molecular complexity index is 518. The molecule has 152 valence electrons. The zero-order chi connectivity index (χ0) is 19.8. The average molecular weight is 376 g/mol. The van der Waals surface area contributed by atoms with Crippen molar-refractivity contribution in [1.29, 1.82) is 0 Å². The Balaban J connectivity index is 2.83. The second kappa shape index (κ2) is 14.3. The van der Waals surface area contributed by atoms with E-state index in [-0.39, 0.29) is 12.1 Å². The van der Waals surface area contributed by atoms with Crippen molar-refractivity contribution in [2.24, 2.45) is 0 Å². The first kappa shape index (κ1) is 23.2. The van der Waals surface area contributed by atoms with Crippen LogP contribution < -0.4 is 5.32 Å². The summed E-state index contributed by atoms with van der Waals surface area (Å²) in [6.07, 6.45) is 13.0. The second-order valence-corrected chi connectivity index (χ2v) is 7.08. The molecule has 0 atom stereocenters. The van der Waals surface area contributed by atoms with Crippen molar-refractivity contribution in [2.75, 3.05) is 13.7 Å². The number of hydrogen-bond acceptors (Lipinski definition) is 4. The summed E-state index contributed by atoms with van der Waals surface area (Å²) in [5.74, 6) is 0. The van der Waals surface area contributed by atoms with Gasteiger partial charge in [-0.2, -0.15) is 0 Å². The summed E-state index contributed by atoms with van der Waals surface area (Å²) < 4.78 is 9.56. The van der Waals surface area contributed by atoms with Crippen molar-refractivity contribution in [2.45, 2.75) is 77.3 Å². The fourth-order valence-corrected chi connectivity index (χ4v) is 3.23.